The standard InChI is InChI=1S/C14H15BrN2/c1-11(2)17-7-6-12(10-17)9-16-14-5-3-4-13(15)8-14/h3-11H,1-2H3. The predicted octanol–water partition coefficient (Wildman–Crippen LogP) is 4.58. The van der Waals surface area contributed by atoms with Crippen LogP contribution in [0.2, 0.25) is 0 Å². The third-order valence-electron chi connectivity index (χ3n) is 2.50. The first-order valence-corrected chi connectivity index (χ1v) is 6.41. The molecule has 2 aromatic rings. The lowest BCUT2D eigenvalue weighted by molar-refractivity contribution is 0.603. The molecule has 0 aliphatic rings. The van der Waals surface area contributed by atoms with E-state index in [9.17, 15) is 0 Å². The van der Waals surface area contributed by atoms with Crippen molar-refractivity contribution >= 4 is 27.8 Å². The van der Waals surface area contributed by atoms with Gasteiger partial charge in [0.1, 0.15) is 0 Å². The molecule has 0 aliphatic heterocycles. The van der Waals surface area contributed by atoms with E-state index in [1.54, 1.807) is 0 Å². The quantitative estimate of drug-likeness (QED) is 0.736. The van der Waals surface area contributed by atoms with Gasteiger partial charge in [-0.05, 0) is 38.1 Å². The Morgan fingerprint density at radius 1 is 1.29 bits per heavy atom. The van der Waals surface area contributed by atoms with Crippen LogP contribution in [0.15, 0.2) is 52.2 Å². The van der Waals surface area contributed by atoms with Gasteiger partial charge < -0.3 is 4.57 Å². The fourth-order valence-electron chi connectivity index (χ4n) is 1.53. The maximum atomic E-state index is 4.44. The molecule has 0 aliphatic carbocycles. The van der Waals surface area contributed by atoms with Crippen LogP contribution < -0.4 is 0 Å². The summed E-state index contributed by atoms with van der Waals surface area (Å²) in [4.78, 5) is 4.44. The third-order valence-corrected chi connectivity index (χ3v) is 3.00. The van der Waals surface area contributed by atoms with Crippen LogP contribution in [0.25, 0.3) is 0 Å². The van der Waals surface area contributed by atoms with Crippen LogP contribution in [0.4, 0.5) is 5.69 Å². The van der Waals surface area contributed by atoms with Crippen molar-refractivity contribution in [1.82, 2.24) is 4.57 Å². The Morgan fingerprint density at radius 2 is 2.12 bits per heavy atom. The molecule has 2 nitrogen and oxygen atoms in total. The highest BCUT2D eigenvalue weighted by molar-refractivity contribution is 9.10. The summed E-state index contributed by atoms with van der Waals surface area (Å²) in [5.41, 5.74) is 2.08. The molecule has 0 atom stereocenters. The van der Waals surface area contributed by atoms with E-state index in [4.69, 9.17) is 0 Å². The zero-order valence-electron chi connectivity index (χ0n) is 9.97. The highest BCUT2D eigenvalue weighted by Gasteiger charge is 1.97. The number of aliphatic imine (C=N–C) groups is 1. The summed E-state index contributed by atoms with van der Waals surface area (Å²) in [5.74, 6) is 0. The molecule has 1 heterocycles. The number of halogens is 1. The van der Waals surface area contributed by atoms with Gasteiger partial charge in [0, 0.05) is 34.7 Å². The molecule has 1 aromatic heterocycles. The normalized spacial score (nSPS) is 11.5. The first kappa shape index (κ1) is 12.1. The van der Waals surface area contributed by atoms with Gasteiger partial charge in [0.15, 0.2) is 0 Å². The summed E-state index contributed by atoms with van der Waals surface area (Å²) in [6.45, 7) is 4.32. The maximum absolute atomic E-state index is 4.44. The first-order valence-electron chi connectivity index (χ1n) is 5.62. The molecular weight excluding hydrogens is 276 g/mol. The van der Waals surface area contributed by atoms with Crippen LogP contribution in [-0.2, 0) is 0 Å². The minimum atomic E-state index is 0.489. The molecule has 2 rings (SSSR count). The van der Waals surface area contributed by atoms with E-state index in [0.717, 1.165) is 15.7 Å². The van der Waals surface area contributed by atoms with E-state index in [1.165, 1.54) is 0 Å². The van der Waals surface area contributed by atoms with Gasteiger partial charge in [-0.15, -0.1) is 0 Å². The predicted molar refractivity (Wildman–Crippen MR) is 76.2 cm³/mol. The fraction of sp³-hybridized carbons (Fsp3) is 0.214. The SMILES string of the molecule is CC(C)n1ccc(C=Nc2cccc(Br)c2)c1. The van der Waals surface area contributed by atoms with Gasteiger partial charge in [0.05, 0.1) is 5.69 Å². The van der Waals surface area contributed by atoms with Gasteiger partial charge in [-0.2, -0.15) is 0 Å². The van der Waals surface area contributed by atoms with Crippen LogP contribution in [0.1, 0.15) is 25.5 Å². The van der Waals surface area contributed by atoms with Crippen LogP contribution >= 0.6 is 15.9 Å². The Hall–Kier alpha value is -1.35. The molecule has 0 N–H and O–H groups in total. The van der Waals surface area contributed by atoms with Crippen molar-refractivity contribution in [2.24, 2.45) is 4.99 Å². The van der Waals surface area contributed by atoms with Crippen molar-refractivity contribution in [3.8, 4) is 0 Å². The topological polar surface area (TPSA) is 17.3 Å². The maximum Gasteiger partial charge on any atom is 0.0641 e. The molecule has 0 saturated carbocycles. The highest BCUT2D eigenvalue weighted by atomic mass is 79.9. The smallest absolute Gasteiger partial charge is 0.0641 e. The van der Waals surface area contributed by atoms with Crippen LogP contribution in [0.5, 0.6) is 0 Å². The van der Waals surface area contributed by atoms with Crippen molar-refractivity contribution in [3.05, 3.63) is 52.8 Å². The average Bonchev–Trinajstić information content (AvgIpc) is 2.75. The summed E-state index contributed by atoms with van der Waals surface area (Å²) >= 11 is 3.43. The molecule has 0 amide bonds. The summed E-state index contributed by atoms with van der Waals surface area (Å²) in [6, 6.07) is 10.5. The molecular formula is C14H15BrN2. The van der Waals surface area contributed by atoms with Gasteiger partial charge in [-0.3, -0.25) is 4.99 Å². The average molecular weight is 291 g/mol. The second kappa shape index (κ2) is 5.32. The van der Waals surface area contributed by atoms with E-state index in [-0.39, 0.29) is 0 Å². The molecule has 0 bridgehead atoms. The van der Waals surface area contributed by atoms with Gasteiger partial charge >= 0.3 is 0 Å². The van der Waals surface area contributed by atoms with Crippen LogP contribution in [0, 0.1) is 0 Å². The van der Waals surface area contributed by atoms with Crippen molar-refractivity contribution in [3.63, 3.8) is 0 Å². The number of hydrogen-bond donors (Lipinski definition) is 0. The Kier molecular flexibility index (Phi) is 3.79. The van der Waals surface area contributed by atoms with E-state index in [2.05, 4.69) is 57.8 Å². The van der Waals surface area contributed by atoms with Gasteiger partial charge in [-0.1, -0.05) is 22.0 Å². The number of rotatable bonds is 3. The van der Waals surface area contributed by atoms with Crippen LogP contribution in [0.3, 0.4) is 0 Å². The summed E-state index contributed by atoms with van der Waals surface area (Å²) in [5, 5.41) is 0. The molecule has 0 fully saturated rings. The lowest BCUT2D eigenvalue weighted by Crippen LogP contribution is -1.95. The van der Waals surface area contributed by atoms with Gasteiger partial charge in [0.25, 0.3) is 0 Å². The summed E-state index contributed by atoms with van der Waals surface area (Å²) in [6.07, 6.45) is 6.07. The molecule has 1 aromatic carbocycles. The largest absolute Gasteiger partial charge is 0.351 e. The minimum absolute atomic E-state index is 0.489. The Morgan fingerprint density at radius 3 is 2.76 bits per heavy atom. The lowest BCUT2D eigenvalue weighted by Gasteiger charge is -2.04. The summed E-state index contributed by atoms with van der Waals surface area (Å²) in [7, 11) is 0. The fourth-order valence-corrected chi connectivity index (χ4v) is 1.92. The van der Waals surface area contributed by atoms with Crippen molar-refractivity contribution in [2.45, 2.75) is 19.9 Å². The zero-order chi connectivity index (χ0) is 12.3. The molecule has 88 valence electrons. The molecule has 0 spiro atoms. The van der Waals surface area contributed by atoms with E-state index in [0.29, 0.717) is 6.04 Å². The van der Waals surface area contributed by atoms with Gasteiger partial charge in [-0.25, -0.2) is 0 Å². The summed E-state index contributed by atoms with van der Waals surface area (Å²) < 4.78 is 3.22. The highest BCUT2D eigenvalue weighted by Crippen LogP contribution is 2.18. The second-order valence-electron chi connectivity index (χ2n) is 4.22. The van der Waals surface area contributed by atoms with E-state index < -0.39 is 0 Å². The number of aromatic nitrogens is 1. The van der Waals surface area contributed by atoms with E-state index >= 15 is 0 Å². The molecule has 0 unspecified atom stereocenters. The second-order valence-corrected chi connectivity index (χ2v) is 5.14. The Balaban J connectivity index is 2.14. The first-order chi connectivity index (χ1) is 8.15. The molecule has 17 heavy (non-hydrogen) atoms. The number of benzene rings is 1. The van der Waals surface area contributed by atoms with Crippen LogP contribution in [-0.4, -0.2) is 10.8 Å². The van der Waals surface area contributed by atoms with E-state index in [1.807, 2.05) is 30.5 Å². The molecule has 3 heteroatoms. The third kappa shape index (κ3) is 3.30. The van der Waals surface area contributed by atoms with Crippen molar-refractivity contribution < 1.29 is 0 Å². The minimum Gasteiger partial charge on any atom is -0.351 e. The molecule has 0 saturated heterocycles. The number of hydrogen-bond acceptors (Lipinski definition) is 1. The lowest BCUT2D eigenvalue weighted by atomic mass is 10.3. The zero-order valence-corrected chi connectivity index (χ0v) is 11.6. The Labute approximate surface area is 110 Å². The van der Waals surface area contributed by atoms with Crippen molar-refractivity contribution in [1.29, 1.82) is 0 Å². The van der Waals surface area contributed by atoms with Crippen molar-refractivity contribution in [2.75, 3.05) is 0 Å². The Bertz CT molecular complexity index is 527. The number of nitrogens with zero attached hydrogens (tertiary/aromatic N) is 2. The van der Waals surface area contributed by atoms with Gasteiger partial charge in [0.2, 0.25) is 0 Å². The molecule has 0 radical (unpaired) electrons. The monoisotopic (exact) mass is 290 g/mol.